The first kappa shape index (κ1) is 18.0. The average Bonchev–Trinajstić information content (AvgIpc) is 2.45. The first-order chi connectivity index (χ1) is 9.93. The van der Waals surface area contributed by atoms with Gasteiger partial charge in [0, 0.05) is 33.9 Å². The third-order valence-corrected chi connectivity index (χ3v) is 4.98. The number of hydrogen-bond acceptors (Lipinski definition) is 4. The van der Waals surface area contributed by atoms with Gasteiger partial charge < -0.3 is 10.1 Å². The van der Waals surface area contributed by atoms with Gasteiger partial charge >= 0.3 is 0 Å². The summed E-state index contributed by atoms with van der Waals surface area (Å²) in [5, 5.41) is 3.07. The van der Waals surface area contributed by atoms with Gasteiger partial charge in [-0.25, -0.2) is 17.1 Å². The van der Waals surface area contributed by atoms with Crippen LogP contribution in [0.2, 0.25) is 0 Å². The molecule has 1 rings (SSSR count). The van der Waals surface area contributed by atoms with Gasteiger partial charge in [0.1, 0.15) is 10.7 Å². The van der Waals surface area contributed by atoms with Crippen LogP contribution in [0.25, 0.3) is 0 Å². The molecule has 0 saturated heterocycles. The van der Waals surface area contributed by atoms with E-state index in [-0.39, 0.29) is 11.4 Å². The highest BCUT2D eigenvalue weighted by atomic mass is 32.2. The SMILES string of the molecule is CCNCc1ccc(S(=O)(=O)N(C)CCCOC)c(F)c1. The lowest BCUT2D eigenvalue weighted by Crippen LogP contribution is -2.29. The van der Waals surface area contributed by atoms with Crippen LogP contribution in [0.1, 0.15) is 18.9 Å². The van der Waals surface area contributed by atoms with E-state index in [0.29, 0.717) is 19.6 Å². The monoisotopic (exact) mass is 318 g/mol. The molecule has 1 aromatic rings. The number of ether oxygens (including phenoxy) is 1. The second-order valence-electron chi connectivity index (χ2n) is 4.72. The Bertz CT molecular complexity index is 549. The molecule has 0 amide bonds. The van der Waals surface area contributed by atoms with Crippen LogP contribution in [0.3, 0.4) is 0 Å². The molecule has 21 heavy (non-hydrogen) atoms. The molecule has 1 aromatic carbocycles. The molecule has 0 saturated carbocycles. The molecule has 0 aromatic heterocycles. The van der Waals surface area contributed by atoms with Crippen LogP contribution in [0.4, 0.5) is 4.39 Å². The van der Waals surface area contributed by atoms with Crippen molar-refractivity contribution in [3.05, 3.63) is 29.6 Å². The van der Waals surface area contributed by atoms with Crippen LogP contribution in [-0.2, 0) is 21.3 Å². The van der Waals surface area contributed by atoms with Crippen molar-refractivity contribution < 1.29 is 17.5 Å². The lowest BCUT2D eigenvalue weighted by atomic mass is 10.2. The van der Waals surface area contributed by atoms with Crippen LogP contribution in [0, 0.1) is 5.82 Å². The summed E-state index contributed by atoms with van der Waals surface area (Å²) in [6.07, 6.45) is 0.562. The maximum atomic E-state index is 14.1. The highest BCUT2D eigenvalue weighted by Crippen LogP contribution is 2.19. The van der Waals surface area contributed by atoms with Gasteiger partial charge in [-0.2, -0.15) is 0 Å². The Kier molecular flexibility index (Phi) is 7.24. The fourth-order valence-electron chi connectivity index (χ4n) is 1.85. The van der Waals surface area contributed by atoms with Crippen molar-refractivity contribution in [3.63, 3.8) is 0 Å². The van der Waals surface area contributed by atoms with Gasteiger partial charge in [0.05, 0.1) is 0 Å². The molecule has 0 spiro atoms. The molecule has 0 atom stereocenters. The summed E-state index contributed by atoms with van der Waals surface area (Å²) in [6.45, 7) is 3.98. The van der Waals surface area contributed by atoms with Gasteiger partial charge in [-0.05, 0) is 30.7 Å². The Morgan fingerprint density at radius 1 is 1.38 bits per heavy atom. The molecule has 120 valence electrons. The Hall–Kier alpha value is -1.02. The van der Waals surface area contributed by atoms with Crippen LogP contribution in [0.5, 0.6) is 0 Å². The number of rotatable bonds is 9. The highest BCUT2D eigenvalue weighted by molar-refractivity contribution is 7.89. The van der Waals surface area contributed by atoms with Crippen molar-refractivity contribution >= 4 is 10.0 Å². The van der Waals surface area contributed by atoms with Crippen molar-refractivity contribution in [2.45, 2.75) is 24.8 Å². The van der Waals surface area contributed by atoms with Gasteiger partial charge in [0.2, 0.25) is 10.0 Å². The van der Waals surface area contributed by atoms with E-state index < -0.39 is 15.8 Å². The third-order valence-electron chi connectivity index (χ3n) is 3.09. The van der Waals surface area contributed by atoms with Gasteiger partial charge in [0.15, 0.2) is 0 Å². The summed E-state index contributed by atoms with van der Waals surface area (Å²) in [5.41, 5.74) is 0.718. The van der Waals surface area contributed by atoms with Crippen molar-refractivity contribution in [2.75, 3.05) is 33.9 Å². The molecule has 0 aliphatic heterocycles. The Morgan fingerprint density at radius 2 is 2.10 bits per heavy atom. The predicted molar refractivity (Wildman–Crippen MR) is 80.1 cm³/mol. The third kappa shape index (κ3) is 5.03. The summed E-state index contributed by atoms with van der Waals surface area (Å²) in [6, 6.07) is 4.21. The Morgan fingerprint density at radius 3 is 2.67 bits per heavy atom. The van der Waals surface area contributed by atoms with Gasteiger partial charge in [-0.3, -0.25) is 0 Å². The van der Waals surface area contributed by atoms with Gasteiger partial charge in [0.25, 0.3) is 0 Å². The van der Waals surface area contributed by atoms with E-state index in [2.05, 4.69) is 5.32 Å². The van der Waals surface area contributed by atoms with Crippen LogP contribution in [0.15, 0.2) is 23.1 Å². The van der Waals surface area contributed by atoms with E-state index in [1.807, 2.05) is 6.92 Å². The van der Waals surface area contributed by atoms with Crippen molar-refractivity contribution in [3.8, 4) is 0 Å². The highest BCUT2D eigenvalue weighted by Gasteiger charge is 2.24. The predicted octanol–water partition coefficient (Wildman–Crippen LogP) is 1.59. The van der Waals surface area contributed by atoms with E-state index in [4.69, 9.17) is 4.74 Å². The number of hydrogen-bond donors (Lipinski definition) is 1. The Balaban J connectivity index is 2.87. The first-order valence-electron chi connectivity index (χ1n) is 6.88. The van der Waals surface area contributed by atoms with Crippen LogP contribution < -0.4 is 5.32 Å². The van der Waals surface area contributed by atoms with Crippen molar-refractivity contribution in [1.82, 2.24) is 9.62 Å². The topological polar surface area (TPSA) is 58.6 Å². The average molecular weight is 318 g/mol. The standard InChI is InChI=1S/C14H23FN2O3S/c1-4-16-11-12-6-7-14(13(15)10-12)21(18,19)17(2)8-5-9-20-3/h6-7,10,16H,4-5,8-9,11H2,1-3H3. The fourth-order valence-corrected chi connectivity index (χ4v) is 3.10. The number of benzene rings is 1. The van der Waals surface area contributed by atoms with Gasteiger partial charge in [-0.15, -0.1) is 0 Å². The molecule has 0 radical (unpaired) electrons. The molecule has 1 N–H and O–H groups in total. The van der Waals surface area contributed by atoms with E-state index in [1.165, 1.54) is 19.2 Å². The molecule has 0 aliphatic rings. The zero-order chi connectivity index (χ0) is 15.9. The Labute approximate surface area is 126 Å². The molecule has 0 bridgehead atoms. The molecule has 0 aliphatic carbocycles. The maximum Gasteiger partial charge on any atom is 0.245 e. The minimum atomic E-state index is -3.81. The van der Waals surface area contributed by atoms with Crippen molar-refractivity contribution in [1.29, 1.82) is 0 Å². The lowest BCUT2D eigenvalue weighted by molar-refractivity contribution is 0.189. The molecule has 0 heterocycles. The normalized spacial score (nSPS) is 12.0. The second kappa shape index (κ2) is 8.43. The fraction of sp³-hybridized carbons (Fsp3) is 0.571. The zero-order valence-electron chi connectivity index (χ0n) is 12.7. The lowest BCUT2D eigenvalue weighted by Gasteiger charge is -2.17. The van der Waals surface area contributed by atoms with Crippen molar-refractivity contribution in [2.24, 2.45) is 0 Å². The number of nitrogens with one attached hydrogen (secondary N) is 1. The second-order valence-corrected chi connectivity index (χ2v) is 6.73. The van der Waals surface area contributed by atoms with Gasteiger partial charge in [-0.1, -0.05) is 13.0 Å². The zero-order valence-corrected chi connectivity index (χ0v) is 13.5. The molecular weight excluding hydrogens is 295 g/mol. The molecular formula is C14H23FN2O3S. The van der Waals surface area contributed by atoms with Crippen LogP contribution in [-0.4, -0.2) is 46.6 Å². The molecule has 7 heteroatoms. The van der Waals surface area contributed by atoms with E-state index in [1.54, 1.807) is 13.2 Å². The summed E-state index contributed by atoms with van der Waals surface area (Å²) in [4.78, 5) is -0.289. The molecule has 0 unspecified atom stereocenters. The minimum Gasteiger partial charge on any atom is -0.385 e. The number of sulfonamides is 1. The largest absolute Gasteiger partial charge is 0.385 e. The van der Waals surface area contributed by atoms with E-state index in [0.717, 1.165) is 16.4 Å². The summed E-state index contributed by atoms with van der Waals surface area (Å²) >= 11 is 0. The van der Waals surface area contributed by atoms with E-state index >= 15 is 0 Å². The quantitative estimate of drug-likeness (QED) is 0.703. The minimum absolute atomic E-state index is 0.286. The first-order valence-corrected chi connectivity index (χ1v) is 8.32. The van der Waals surface area contributed by atoms with E-state index in [9.17, 15) is 12.8 Å². The smallest absolute Gasteiger partial charge is 0.245 e. The summed E-state index contributed by atoms with van der Waals surface area (Å²) in [7, 11) is -0.811. The number of nitrogens with zero attached hydrogens (tertiary/aromatic N) is 1. The van der Waals surface area contributed by atoms with Crippen LogP contribution >= 0.6 is 0 Å². The summed E-state index contributed by atoms with van der Waals surface area (Å²) < 4.78 is 44.7. The molecule has 5 nitrogen and oxygen atoms in total. The molecule has 0 fully saturated rings. The maximum absolute atomic E-state index is 14.1. The number of halogens is 1. The number of methoxy groups -OCH3 is 1. The summed E-state index contributed by atoms with van der Waals surface area (Å²) in [5.74, 6) is -0.719.